The van der Waals surface area contributed by atoms with Crippen molar-refractivity contribution >= 4 is 17.3 Å². The van der Waals surface area contributed by atoms with Crippen molar-refractivity contribution in [1.29, 1.82) is 0 Å². The van der Waals surface area contributed by atoms with Crippen molar-refractivity contribution in [2.24, 2.45) is 0 Å². The third kappa shape index (κ3) is 2.28. The molecular formula is C12H7FN4O2S. The standard InChI is InChI=1S/C12H7FN4O2S/c13-8-3-1-7(2-4-8)10-6-20-12(14-10)17-5-9(11(18)19)15-16-17/h1-6H,(H,18,19). The van der Waals surface area contributed by atoms with Crippen LogP contribution in [0.3, 0.4) is 0 Å². The quantitative estimate of drug-likeness (QED) is 0.800. The Labute approximate surface area is 116 Å². The first-order chi connectivity index (χ1) is 9.63. The summed E-state index contributed by atoms with van der Waals surface area (Å²) in [7, 11) is 0. The lowest BCUT2D eigenvalue weighted by Crippen LogP contribution is -1.95. The van der Waals surface area contributed by atoms with E-state index in [4.69, 9.17) is 5.11 Å². The first kappa shape index (κ1) is 12.4. The fourth-order valence-corrected chi connectivity index (χ4v) is 2.33. The van der Waals surface area contributed by atoms with Crippen LogP contribution in [0.4, 0.5) is 4.39 Å². The average Bonchev–Trinajstić information content (AvgIpc) is 3.08. The highest BCUT2D eigenvalue weighted by Crippen LogP contribution is 2.23. The molecule has 0 aliphatic carbocycles. The number of aromatic nitrogens is 4. The van der Waals surface area contributed by atoms with Crippen LogP contribution in [0.1, 0.15) is 10.5 Å². The molecule has 0 amide bonds. The number of carbonyl (C=O) groups is 1. The molecule has 0 fully saturated rings. The van der Waals surface area contributed by atoms with E-state index in [1.54, 1.807) is 17.5 Å². The molecule has 6 nitrogen and oxygen atoms in total. The Morgan fingerprint density at radius 2 is 2.05 bits per heavy atom. The molecule has 1 aromatic carbocycles. The summed E-state index contributed by atoms with van der Waals surface area (Å²) in [6.45, 7) is 0. The van der Waals surface area contributed by atoms with E-state index in [2.05, 4.69) is 15.3 Å². The van der Waals surface area contributed by atoms with Gasteiger partial charge >= 0.3 is 5.97 Å². The molecule has 0 saturated heterocycles. The van der Waals surface area contributed by atoms with E-state index in [1.165, 1.54) is 34.3 Å². The minimum absolute atomic E-state index is 0.150. The van der Waals surface area contributed by atoms with E-state index < -0.39 is 5.97 Å². The number of rotatable bonds is 3. The normalized spacial score (nSPS) is 10.7. The smallest absolute Gasteiger partial charge is 0.358 e. The van der Waals surface area contributed by atoms with Crippen LogP contribution in [0.15, 0.2) is 35.8 Å². The summed E-state index contributed by atoms with van der Waals surface area (Å²) in [6, 6.07) is 5.95. The van der Waals surface area contributed by atoms with Gasteiger partial charge in [-0.2, -0.15) is 4.68 Å². The number of benzene rings is 1. The molecule has 8 heteroatoms. The zero-order chi connectivity index (χ0) is 14.1. The molecule has 3 rings (SSSR count). The molecule has 3 aromatic rings. The summed E-state index contributed by atoms with van der Waals surface area (Å²) in [4.78, 5) is 15.1. The second-order valence-electron chi connectivity index (χ2n) is 3.88. The molecule has 2 heterocycles. The Hall–Kier alpha value is -2.61. The van der Waals surface area contributed by atoms with Crippen molar-refractivity contribution in [2.75, 3.05) is 0 Å². The van der Waals surface area contributed by atoms with Crippen LogP contribution in [0, 0.1) is 5.82 Å². The van der Waals surface area contributed by atoms with Crippen LogP contribution < -0.4 is 0 Å². The van der Waals surface area contributed by atoms with Crippen molar-refractivity contribution in [3.8, 4) is 16.4 Å². The van der Waals surface area contributed by atoms with Gasteiger partial charge in [0, 0.05) is 10.9 Å². The second-order valence-corrected chi connectivity index (χ2v) is 4.71. The van der Waals surface area contributed by atoms with Crippen molar-refractivity contribution in [1.82, 2.24) is 20.0 Å². The van der Waals surface area contributed by atoms with Gasteiger partial charge in [0.15, 0.2) is 5.69 Å². The fourth-order valence-electron chi connectivity index (χ4n) is 1.58. The largest absolute Gasteiger partial charge is 0.476 e. The van der Waals surface area contributed by atoms with E-state index in [9.17, 15) is 9.18 Å². The fraction of sp³-hybridized carbons (Fsp3) is 0. The van der Waals surface area contributed by atoms with Crippen LogP contribution in [-0.2, 0) is 0 Å². The maximum absolute atomic E-state index is 12.9. The Balaban J connectivity index is 1.93. The average molecular weight is 290 g/mol. The van der Waals surface area contributed by atoms with E-state index in [-0.39, 0.29) is 11.5 Å². The third-order valence-corrected chi connectivity index (χ3v) is 3.37. The molecule has 0 saturated carbocycles. The zero-order valence-corrected chi connectivity index (χ0v) is 10.7. The first-order valence-electron chi connectivity index (χ1n) is 5.51. The molecule has 0 aliphatic heterocycles. The highest BCUT2D eigenvalue weighted by Gasteiger charge is 2.12. The number of carboxylic acids is 1. The molecule has 20 heavy (non-hydrogen) atoms. The van der Waals surface area contributed by atoms with Crippen LogP contribution in [-0.4, -0.2) is 31.1 Å². The van der Waals surface area contributed by atoms with Gasteiger partial charge < -0.3 is 5.11 Å². The summed E-state index contributed by atoms with van der Waals surface area (Å²) in [5.41, 5.74) is 1.29. The van der Waals surface area contributed by atoms with Gasteiger partial charge in [-0.25, -0.2) is 14.2 Å². The van der Waals surface area contributed by atoms with Gasteiger partial charge in [-0.05, 0) is 24.3 Å². The molecule has 100 valence electrons. The number of carboxylic acid groups (broad SMARTS) is 1. The third-order valence-electron chi connectivity index (χ3n) is 2.54. The van der Waals surface area contributed by atoms with Crippen LogP contribution in [0.5, 0.6) is 0 Å². The van der Waals surface area contributed by atoms with Gasteiger partial charge in [0.05, 0.1) is 11.9 Å². The van der Waals surface area contributed by atoms with Gasteiger partial charge in [-0.1, -0.05) is 5.21 Å². The number of hydrogen-bond donors (Lipinski definition) is 1. The molecule has 0 spiro atoms. The van der Waals surface area contributed by atoms with Gasteiger partial charge in [-0.15, -0.1) is 16.4 Å². The number of aromatic carboxylic acids is 1. The van der Waals surface area contributed by atoms with Crippen molar-refractivity contribution in [2.45, 2.75) is 0 Å². The number of halogens is 1. The van der Waals surface area contributed by atoms with Crippen LogP contribution >= 0.6 is 11.3 Å². The highest BCUT2D eigenvalue weighted by atomic mass is 32.1. The molecule has 1 N–H and O–H groups in total. The van der Waals surface area contributed by atoms with Gasteiger partial charge in [0.25, 0.3) is 0 Å². The van der Waals surface area contributed by atoms with E-state index in [0.29, 0.717) is 10.8 Å². The number of thiazole rings is 1. The predicted molar refractivity (Wildman–Crippen MR) is 69.4 cm³/mol. The summed E-state index contributed by atoms with van der Waals surface area (Å²) in [5, 5.41) is 18.3. The summed E-state index contributed by atoms with van der Waals surface area (Å²) >= 11 is 1.29. The maximum atomic E-state index is 12.9. The summed E-state index contributed by atoms with van der Waals surface area (Å²) in [5.74, 6) is -1.46. The molecule has 0 bridgehead atoms. The Morgan fingerprint density at radius 1 is 1.30 bits per heavy atom. The molecule has 0 radical (unpaired) electrons. The molecule has 0 atom stereocenters. The number of hydrogen-bond acceptors (Lipinski definition) is 5. The predicted octanol–water partition coefficient (Wildman–Crippen LogP) is 2.23. The van der Waals surface area contributed by atoms with E-state index in [1.807, 2.05) is 0 Å². The summed E-state index contributed by atoms with van der Waals surface area (Å²) < 4.78 is 14.1. The number of nitrogens with zero attached hydrogens (tertiary/aromatic N) is 4. The van der Waals surface area contributed by atoms with Crippen molar-refractivity contribution < 1.29 is 14.3 Å². The molecular weight excluding hydrogens is 283 g/mol. The lowest BCUT2D eigenvalue weighted by Gasteiger charge is -1.95. The summed E-state index contributed by atoms with van der Waals surface area (Å²) in [6.07, 6.45) is 1.29. The maximum Gasteiger partial charge on any atom is 0.358 e. The van der Waals surface area contributed by atoms with E-state index in [0.717, 1.165) is 5.56 Å². The van der Waals surface area contributed by atoms with Gasteiger partial charge in [-0.3, -0.25) is 0 Å². The zero-order valence-electron chi connectivity index (χ0n) is 9.89. The van der Waals surface area contributed by atoms with Crippen molar-refractivity contribution in [3.05, 3.63) is 47.4 Å². The monoisotopic (exact) mass is 290 g/mol. The Kier molecular flexibility index (Phi) is 2.99. The minimum atomic E-state index is -1.15. The van der Waals surface area contributed by atoms with Gasteiger partial charge in [0.1, 0.15) is 5.82 Å². The van der Waals surface area contributed by atoms with Gasteiger partial charge in [0.2, 0.25) is 5.13 Å². The lowest BCUT2D eigenvalue weighted by molar-refractivity contribution is 0.0690. The van der Waals surface area contributed by atoms with Crippen LogP contribution in [0.2, 0.25) is 0 Å². The minimum Gasteiger partial charge on any atom is -0.476 e. The highest BCUT2D eigenvalue weighted by molar-refractivity contribution is 7.12. The van der Waals surface area contributed by atoms with E-state index >= 15 is 0 Å². The SMILES string of the molecule is O=C(O)c1cn(-c2nc(-c3ccc(F)cc3)cs2)nn1. The Bertz CT molecular complexity index is 766. The molecule has 0 unspecified atom stereocenters. The van der Waals surface area contributed by atoms with Crippen LogP contribution in [0.25, 0.3) is 16.4 Å². The lowest BCUT2D eigenvalue weighted by atomic mass is 10.2. The van der Waals surface area contributed by atoms with Crippen molar-refractivity contribution in [3.63, 3.8) is 0 Å². The molecule has 0 aliphatic rings. The second kappa shape index (κ2) is 4.82. The molecule has 2 aromatic heterocycles. The topological polar surface area (TPSA) is 80.9 Å². The first-order valence-corrected chi connectivity index (χ1v) is 6.39. The Morgan fingerprint density at radius 3 is 2.70 bits per heavy atom.